The number of likely N-dealkylation sites (N-methyl/N-ethyl adjacent to an activating group) is 1. The van der Waals surface area contributed by atoms with Crippen molar-refractivity contribution in [1.82, 2.24) is 9.80 Å². The third-order valence-electron chi connectivity index (χ3n) is 4.87. The van der Waals surface area contributed by atoms with Gasteiger partial charge in [0.2, 0.25) is 12.7 Å². The zero-order valence-corrected chi connectivity index (χ0v) is 13.6. The van der Waals surface area contributed by atoms with Crippen molar-refractivity contribution < 1.29 is 23.8 Å². The number of carbonyl (C=O) groups is 2. The summed E-state index contributed by atoms with van der Waals surface area (Å²) in [5, 5.41) is 0. The zero-order valence-electron chi connectivity index (χ0n) is 13.6. The van der Waals surface area contributed by atoms with E-state index in [2.05, 4.69) is 0 Å². The minimum Gasteiger partial charge on any atom is -0.454 e. The highest BCUT2D eigenvalue weighted by atomic mass is 16.7. The Morgan fingerprint density at radius 1 is 1.25 bits per heavy atom. The number of hydrogen-bond donors (Lipinski definition) is 0. The predicted octanol–water partition coefficient (Wildman–Crippen LogP) is 1.40. The van der Waals surface area contributed by atoms with Gasteiger partial charge in [0.1, 0.15) is 0 Å². The SMILES string of the molecule is CN1C[C@@]2(CCN(C(=O)CCc3ccc4c(c3)OCO4)C2)OC1=O. The van der Waals surface area contributed by atoms with Gasteiger partial charge in [0.05, 0.1) is 13.1 Å². The smallest absolute Gasteiger partial charge is 0.410 e. The molecule has 0 saturated carbocycles. The van der Waals surface area contributed by atoms with Crippen LogP contribution in [0.4, 0.5) is 4.79 Å². The Hall–Kier alpha value is -2.44. The first kappa shape index (κ1) is 15.1. The number of ether oxygens (including phenoxy) is 3. The van der Waals surface area contributed by atoms with Crippen LogP contribution in [0.2, 0.25) is 0 Å². The summed E-state index contributed by atoms with van der Waals surface area (Å²) in [6, 6.07) is 5.76. The van der Waals surface area contributed by atoms with Crippen LogP contribution in [0, 0.1) is 0 Å². The van der Waals surface area contributed by atoms with E-state index in [-0.39, 0.29) is 18.8 Å². The number of hydrogen-bond acceptors (Lipinski definition) is 5. The van der Waals surface area contributed by atoms with Crippen molar-refractivity contribution in [1.29, 1.82) is 0 Å². The first-order valence-electron chi connectivity index (χ1n) is 8.15. The zero-order chi connectivity index (χ0) is 16.7. The Morgan fingerprint density at radius 2 is 2.08 bits per heavy atom. The Morgan fingerprint density at radius 3 is 2.88 bits per heavy atom. The molecule has 7 heteroatoms. The van der Waals surface area contributed by atoms with Gasteiger partial charge in [-0.05, 0) is 24.1 Å². The van der Waals surface area contributed by atoms with E-state index in [1.54, 1.807) is 16.8 Å². The lowest BCUT2D eigenvalue weighted by molar-refractivity contribution is -0.130. The summed E-state index contributed by atoms with van der Waals surface area (Å²) in [7, 11) is 1.72. The molecule has 1 atom stereocenters. The average molecular weight is 332 g/mol. The van der Waals surface area contributed by atoms with Gasteiger partial charge in [0.15, 0.2) is 17.1 Å². The summed E-state index contributed by atoms with van der Waals surface area (Å²) in [5.74, 6) is 1.58. The van der Waals surface area contributed by atoms with Crippen LogP contribution in [0.1, 0.15) is 18.4 Å². The minimum atomic E-state index is -0.514. The van der Waals surface area contributed by atoms with Crippen molar-refractivity contribution in [2.75, 3.05) is 33.5 Å². The molecule has 3 aliphatic heterocycles. The Balaban J connectivity index is 1.33. The van der Waals surface area contributed by atoms with Gasteiger partial charge in [0.25, 0.3) is 0 Å². The molecule has 3 heterocycles. The van der Waals surface area contributed by atoms with E-state index < -0.39 is 5.60 Å². The standard InChI is InChI=1S/C17H20N2O5/c1-18-9-17(24-16(18)21)6-7-19(10-17)15(20)5-3-12-2-4-13-14(8-12)23-11-22-13/h2,4,8H,3,5-7,9-11H2,1H3/t17-/m1/s1. The molecule has 2 fully saturated rings. The van der Waals surface area contributed by atoms with Gasteiger partial charge in [-0.15, -0.1) is 0 Å². The summed E-state index contributed by atoms with van der Waals surface area (Å²) in [6.07, 6.45) is 1.49. The van der Waals surface area contributed by atoms with Crippen LogP contribution in [0.25, 0.3) is 0 Å². The summed E-state index contributed by atoms with van der Waals surface area (Å²) in [6.45, 7) is 1.93. The van der Waals surface area contributed by atoms with Gasteiger partial charge in [0, 0.05) is 26.4 Å². The van der Waals surface area contributed by atoms with E-state index >= 15 is 0 Å². The molecule has 0 N–H and O–H groups in total. The molecule has 128 valence electrons. The first-order valence-corrected chi connectivity index (χ1v) is 8.15. The molecule has 0 aliphatic carbocycles. The summed E-state index contributed by atoms with van der Waals surface area (Å²) < 4.78 is 16.1. The molecule has 1 spiro atoms. The van der Waals surface area contributed by atoms with Crippen LogP contribution in [0.3, 0.4) is 0 Å². The topological polar surface area (TPSA) is 68.3 Å². The van der Waals surface area contributed by atoms with Gasteiger partial charge >= 0.3 is 6.09 Å². The summed E-state index contributed by atoms with van der Waals surface area (Å²) in [5.41, 5.74) is 0.536. The molecule has 0 unspecified atom stereocenters. The van der Waals surface area contributed by atoms with E-state index in [1.807, 2.05) is 18.2 Å². The Kier molecular flexibility index (Phi) is 3.51. The first-order chi connectivity index (χ1) is 11.5. The highest BCUT2D eigenvalue weighted by Gasteiger charge is 2.49. The molecule has 1 aromatic rings. The Bertz CT molecular complexity index is 692. The van der Waals surface area contributed by atoms with E-state index in [1.165, 1.54) is 0 Å². The highest BCUT2D eigenvalue weighted by Crippen LogP contribution is 2.34. The lowest BCUT2D eigenvalue weighted by Crippen LogP contribution is -2.39. The number of likely N-dealkylation sites (tertiary alicyclic amines) is 1. The fourth-order valence-corrected chi connectivity index (χ4v) is 3.57. The molecule has 24 heavy (non-hydrogen) atoms. The third kappa shape index (κ3) is 2.64. The molecule has 2 saturated heterocycles. The number of nitrogens with zero attached hydrogens (tertiary/aromatic N) is 2. The van der Waals surface area contributed by atoms with Gasteiger partial charge < -0.3 is 24.0 Å². The van der Waals surface area contributed by atoms with Crippen LogP contribution in [-0.2, 0) is 16.0 Å². The molecule has 1 aromatic carbocycles. The quantitative estimate of drug-likeness (QED) is 0.837. The number of amides is 2. The largest absolute Gasteiger partial charge is 0.454 e. The second-order valence-electron chi connectivity index (χ2n) is 6.66. The van der Waals surface area contributed by atoms with Gasteiger partial charge in [-0.3, -0.25) is 4.79 Å². The number of rotatable bonds is 3. The van der Waals surface area contributed by atoms with Gasteiger partial charge in [-0.2, -0.15) is 0 Å². The molecule has 0 radical (unpaired) electrons. The van der Waals surface area contributed by atoms with E-state index in [0.29, 0.717) is 38.9 Å². The molecule has 7 nitrogen and oxygen atoms in total. The van der Waals surface area contributed by atoms with Gasteiger partial charge in [-0.25, -0.2) is 4.79 Å². The van der Waals surface area contributed by atoms with E-state index in [4.69, 9.17) is 14.2 Å². The van der Waals surface area contributed by atoms with Crippen LogP contribution < -0.4 is 9.47 Å². The molecular formula is C17H20N2O5. The number of carbonyl (C=O) groups excluding carboxylic acids is 2. The predicted molar refractivity (Wildman–Crippen MR) is 83.9 cm³/mol. The van der Waals surface area contributed by atoms with Crippen molar-refractivity contribution in [3.8, 4) is 11.5 Å². The summed E-state index contributed by atoms with van der Waals surface area (Å²) >= 11 is 0. The third-order valence-corrected chi connectivity index (χ3v) is 4.87. The van der Waals surface area contributed by atoms with Crippen molar-refractivity contribution in [3.05, 3.63) is 23.8 Å². The normalized spacial score (nSPS) is 24.8. The molecule has 0 bridgehead atoms. The number of fused-ring (bicyclic) bond motifs is 1. The van der Waals surface area contributed by atoms with Crippen LogP contribution in [0.15, 0.2) is 18.2 Å². The second-order valence-corrected chi connectivity index (χ2v) is 6.66. The van der Waals surface area contributed by atoms with Crippen LogP contribution in [-0.4, -0.2) is 60.9 Å². The van der Waals surface area contributed by atoms with Crippen LogP contribution in [0.5, 0.6) is 11.5 Å². The van der Waals surface area contributed by atoms with E-state index in [9.17, 15) is 9.59 Å². The minimum absolute atomic E-state index is 0.0927. The number of benzene rings is 1. The lowest BCUT2D eigenvalue weighted by atomic mass is 10.0. The molecule has 2 amide bonds. The molecule has 3 aliphatic rings. The van der Waals surface area contributed by atoms with Gasteiger partial charge in [-0.1, -0.05) is 6.07 Å². The van der Waals surface area contributed by atoms with Crippen molar-refractivity contribution in [2.24, 2.45) is 0 Å². The number of aryl methyl sites for hydroxylation is 1. The average Bonchev–Trinajstić information content (AvgIpc) is 3.25. The lowest BCUT2D eigenvalue weighted by Gasteiger charge is -2.21. The van der Waals surface area contributed by atoms with Crippen molar-refractivity contribution in [2.45, 2.75) is 24.9 Å². The maximum absolute atomic E-state index is 12.5. The molecule has 0 aromatic heterocycles. The van der Waals surface area contributed by atoms with Crippen LogP contribution >= 0.6 is 0 Å². The fraction of sp³-hybridized carbons (Fsp3) is 0.529. The monoisotopic (exact) mass is 332 g/mol. The second kappa shape index (κ2) is 5.58. The molecule has 4 rings (SSSR count). The highest BCUT2D eigenvalue weighted by molar-refractivity contribution is 5.77. The molecular weight excluding hydrogens is 312 g/mol. The summed E-state index contributed by atoms with van der Waals surface area (Å²) in [4.78, 5) is 27.4. The van der Waals surface area contributed by atoms with Crippen molar-refractivity contribution in [3.63, 3.8) is 0 Å². The fourth-order valence-electron chi connectivity index (χ4n) is 3.57. The maximum Gasteiger partial charge on any atom is 0.410 e. The van der Waals surface area contributed by atoms with E-state index in [0.717, 1.165) is 17.1 Å². The van der Waals surface area contributed by atoms with Crippen molar-refractivity contribution >= 4 is 12.0 Å². The maximum atomic E-state index is 12.5. The Labute approximate surface area is 140 Å².